The summed E-state index contributed by atoms with van der Waals surface area (Å²) in [6, 6.07) is 5.68. The van der Waals surface area contributed by atoms with Gasteiger partial charge in [0.05, 0.1) is 17.4 Å². The van der Waals surface area contributed by atoms with E-state index in [9.17, 15) is 9.59 Å². The van der Waals surface area contributed by atoms with Crippen molar-refractivity contribution >= 4 is 11.9 Å². The Hall–Kier alpha value is -2.76. The summed E-state index contributed by atoms with van der Waals surface area (Å²) < 4.78 is 0. The summed E-state index contributed by atoms with van der Waals surface area (Å²) in [5.41, 5.74) is 9.79. The molecule has 0 unspecified atom stereocenters. The quantitative estimate of drug-likeness (QED) is 0.658. The lowest BCUT2D eigenvalue weighted by molar-refractivity contribution is -0.118. The molecule has 3 amide bonds. The van der Waals surface area contributed by atoms with Crippen molar-refractivity contribution in [2.24, 2.45) is 5.73 Å². The maximum atomic E-state index is 12.4. The van der Waals surface area contributed by atoms with Crippen molar-refractivity contribution in [3.05, 3.63) is 58.6 Å². The summed E-state index contributed by atoms with van der Waals surface area (Å²) in [7, 11) is 0. The van der Waals surface area contributed by atoms with Crippen LogP contribution in [0.4, 0.5) is 4.79 Å². The van der Waals surface area contributed by atoms with E-state index in [0.29, 0.717) is 0 Å². The van der Waals surface area contributed by atoms with Crippen molar-refractivity contribution < 1.29 is 9.59 Å². The molecule has 1 aliphatic heterocycles. The van der Waals surface area contributed by atoms with Crippen LogP contribution in [0.3, 0.4) is 0 Å². The molecule has 114 valence electrons. The van der Waals surface area contributed by atoms with Gasteiger partial charge >= 0.3 is 6.03 Å². The number of carbonyl (C=O) groups is 2. The molecule has 1 aliphatic carbocycles. The lowest BCUT2D eigenvalue weighted by Crippen LogP contribution is -2.47. The summed E-state index contributed by atoms with van der Waals surface area (Å²) in [4.78, 5) is 23.9. The van der Waals surface area contributed by atoms with Gasteiger partial charge in [-0.3, -0.25) is 4.79 Å². The summed E-state index contributed by atoms with van der Waals surface area (Å²) in [6.45, 7) is 5.65. The van der Waals surface area contributed by atoms with Gasteiger partial charge in [-0.15, -0.1) is 0 Å². The van der Waals surface area contributed by atoms with E-state index in [1.165, 1.54) is 5.56 Å². The molecule has 0 radical (unpaired) electrons. The molecule has 1 heterocycles. The van der Waals surface area contributed by atoms with E-state index in [1.54, 1.807) is 0 Å². The topological polar surface area (TPSA) is 96.2 Å². The third-order valence-electron chi connectivity index (χ3n) is 4.01. The zero-order chi connectivity index (χ0) is 15.9. The van der Waals surface area contributed by atoms with Crippen molar-refractivity contribution in [1.82, 2.24) is 16.0 Å². The Morgan fingerprint density at radius 2 is 2.18 bits per heavy atom. The zero-order valence-corrected chi connectivity index (χ0v) is 12.3. The van der Waals surface area contributed by atoms with E-state index >= 15 is 0 Å². The minimum absolute atomic E-state index is 0.0508. The first kappa shape index (κ1) is 14.2. The van der Waals surface area contributed by atoms with Gasteiger partial charge in [-0.25, -0.2) is 4.79 Å². The molecule has 0 spiro atoms. The standard InChI is InChI=1S/C16H18N4O2/c1-8-3-4-10-5-6-12(11(10)7-8)19-15(21)14-13(17)9(2)18-16(22)20-14/h3-4,7,12H,2,5-6,17H2,1H3,(H,19,21)(H2,18,20,22)/t12-/m0/s1. The number of amides is 3. The number of nitrogens with one attached hydrogen (secondary N) is 3. The number of urea groups is 1. The Kier molecular flexibility index (Phi) is 3.36. The van der Waals surface area contributed by atoms with Crippen molar-refractivity contribution in [2.45, 2.75) is 25.8 Å². The molecule has 1 aromatic rings. The minimum atomic E-state index is -0.507. The SMILES string of the molecule is C=C1NC(=O)NC(C(=O)N[C@H]2CCc3ccc(C)cc32)=C1N. The molecule has 0 bridgehead atoms. The van der Waals surface area contributed by atoms with Gasteiger partial charge in [0, 0.05) is 0 Å². The lowest BCUT2D eigenvalue weighted by atomic mass is 10.0. The van der Waals surface area contributed by atoms with Crippen LogP contribution in [0.15, 0.2) is 41.9 Å². The van der Waals surface area contributed by atoms with Crippen molar-refractivity contribution in [2.75, 3.05) is 0 Å². The predicted molar refractivity (Wildman–Crippen MR) is 82.4 cm³/mol. The lowest BCUT2D eigenvalue weighted by Gasteiger charge is -2.22. The van der Waals surface area contributed by atoms with Crippen LogP contribution in [0.25, 0.3) is 0 Å². The second-order valence-corrected chi connectivity index (χ2v) is 5.61. The fourth-order valence-corrected chi connectivity index (χ4v) is 2.85. The molecule has 3 rings (SSSR count). The number of hydrogen-bond acceptors (Lipinski definition) is 3. The molecule has 6 heteroatoms. The highest BCUT2D eigenvalue weighted by atomic mass is 16.2. The molecule has 0 aromatic heterocycles. The molecule has 2 aliphatic rings. The van der Waals surface area contributed by atoms with E-state index in [2.05, 4.69) is 40.7 Å². The van der Waals surface area contributed by atoms with E-state index in [-0.39, 0.29) is 23.1 Å². The second-order valence-electron chi connectivity index (χ2n) is 5.61. The first-order chi connectivity index (χ1) is 10.5. The maximum absolute atomic E-state index is 12.4. The average molecular weight is 298 g/mol. The Labute approximate surface area is 128 Å². The maximum Gasteiger partial charge on any atom is 0.323 e. The van der Waals surface area contributed by atoms with Crippen LogP contribution < -0.4 is 21.7 Å². The van der Waals surface area contributed by atoms with Crippen molar-refractivity contribution in [3.8, 4) is 0 Å². The molecule has 0 fully saturated rings. The third kappa shape index (κ3) is 2.43. The Morgan fingerprint density at radius 3 is 2.95 bits per heavy atom. The summed E-state index contributed by atoms with van der Waals surface area (Å²) in [5.74, 6) is -0.396. The van der Waals surface area contributed by atoms with Crippen molar-refractivity contribution in [1.29, 1.82) is 0 Å². The second kappa shape index (κ2) is 5.22. The van der Waals surface area contributed by atoms with E-state index < -0.39 is 11.9 Å². The van der Waals surface area contributed by atoms with E-state index in [1.807, 2.05) is 6.92 Å². The number of benzene rings is 1. The van der Waals surface area contributed by atoms with Crippen LogP contribution in [0, 0.1) is 6.92 Å². The number of hydrogen-bond donors (Lipinski definition) is 4. The van der Waals surface area contributed by atoms with E-state index in [4.69, 9.17) is 5.73 Å². The van der Waals surface area contributed by atoms with Gasteiger partial charge in [-0.05, 0) is 30.9 Å². The largest absolute Gasteiger partial charge is 0.395 e. The summed E-state index contributed by atoms with van der Waals surface area (Å²) in [6.07, 6.45) is 1.76. The van der Waals surface area contributed by atoms with Crippen LogP contribution in [0.2, 0.25) is 0 Å². The average Bonchev–Trinajstić information content (AvgIpc) is 2.85. The van der Waals surface area contributed by atoms with Crippen LogP contribution in [0.1, 0.15) is 29.2 Å². The molecule has 1 atom stereocenters. The number of carbonyl (C=O) groups excluding carboxylic acids is 2. The minimum Gasteiger partial charge on any atom is -0.395 e. The molecular weight excluding hydrogens is 280 g/mol. The Morgan fingerprint density at radius 1 is 1.41 bits per heavy atom. The summed E-state index contributed by atoms with van der Waals surface area (Å²) >= 11 is 0. The normalized spacial score (nSPS) is 20.3. The molecule has 6 nitrogen and oxygen atoms in total. The van der Waals surface area contributed by atoms with Gasteiger partial charge in [-0.1, -0.05) is 30.3 Å². The molecule has 1 aromatic carbocycles. The van der Waals surface area contributed by atoms with Crippen LogP contribution in [-0.2, 0) is 11.2 Å². The molecule has 0 saturated heterocycles. The van der Waals surface area contributed by atoms with Gasteiger partial charge in [0.25, 0.3) is 5.91 Å². The van der Waals surface area contributed by atoms with Crippen LogP contribution in [0.5, 0.6) is 0 Å². The smallest absolute Gasteiger partial charge is 0.323 e. The van der Waals surface area contributed by atoms with Crippen molar-refractivity contribution in [3.63, 3.8) is 0 Å². The molecule has 0 saturated carbocycles. The van der Waals surface area contributed by atoms with Crippen LogP contribution in [-0.4, -0.2) is 11.9 Å². The number of aryl methyl sites for hydroxylation is 2. The molecule has 5 N–H and O–H groups in total. The predicted octanol–water partition coefficient (Wildman–Crippen LogP) is 1.10. The van der Waals surface area contributed by atoms with Gasteiger partial charge < -0.3 is 21.7 Å². The number of nitrogens with two attached hydrogens (primary N) is 1. The highest BCUT2D eigenvalue weighted by Crippen LogP contribution is 2.32. The van der Waals surface area contributed by atoms with Gasteiger partial charge in [-0.2, -0.15) is 0 Å². The van der Waals surface area contributed by atoms with Crippen LogP contribution >= 0.6 is 0 Å². The number of fused-ring (bicyclic) bond motifs is 1. The third-order valence-corrected chi connectivity index (χ3v) is 4.01. The van der Waals surface area contributed by atoms with Gasteiger partial charge in [0.15, 0.2) is 0 Å². The fraction of sp³-hybridized carbons (Fsp3) is 0.250. The highest BCUT2D eigenvalue weighted by molar-refractivity contribution is 6.00. The monoisotopic (exact) mass is 298 g/mol. The first-order valence-corrected chi connectivity index (χ1v) is 7.13. The van der Waals surface area contributed by atoms with E-state index in [0.717, 1.165) is 24.0 Å². The summed E-state index contributed by atoms with van der Waals surface area (Å²) in [5, 5.41) is 7.80. The molecular formula is C16H18N4O2. The van der Waals surface area contributed by atoms with Gasteiger partial charge in [0.1, 0.15) is 5.70 Å². The Balaban J connectivity index is 1.82. The fourth-order valence-electron chi connectivity index (χ4n) is 2.85. The number of rotatable bonds is 2. The Bertz CT molecular complexity index is 721. The highest BCUT2D eigenvalue weighted by Gasteiger charge is 2.28. The molecule has 22 heavy (non-hydrogen) atoms. The zero-order valence-electron chi connectivity index (χ0n) is 12.3. The van der Waals surface area contributed by atoms with Gasteiger partial charge in [0.2, 0.25) is 0 Å². The first-order valence-electron chi connectivity index (χ1n) is 7.13.